The van der Waals surface area contributed by atoms with Crippen LogP contribution in [0.15, 0.2) is 22.7 Å². The van der Waals surface area contributed by atoms with Crippen molar-refractivity contribution < 1.29 is 4.79 Å². The van der Waals surface area contributed by atoms with Crippen LogP contribution in [0, 0.1) is 0 Å². The molecule has 18 heavy (non-hydrogen) atoms. The molecule has 3 rings (SSSR count). The summed E-state index contributed by atoms with van der Waals surface area (Å²) in [5, 5.41) is 3.03. The Morgan fingerprint density at radius 2 is 2.22 bits per heavy atom. The van der Waals surface area contributed by atoms with E-state index in [-0.39, 0.29) is 11.3 Å². The first-order valence-electron chi connectivity index (χ1n) is 6.38. The Hall–Kier alpha value is -0.870. The highest BCUT2D eigenvalue weighted by Crippen LogP contribution is 2.45. The molecule has 96 valence electrons. The Kier molecular flexibility index (Phi) is 2.75. The second kappa shape index (κ2) is 4.07. The van der Waals surface area contributed by atoms with Crippen molar-refractivity contribution in [3.05, 3.63) is 28.2 Å². The zero-order valence-corrected chi connectivity index (χ0v) is 12.3. The van der Waals surface area contributed by atoms with Gasteiger partial charge in [0.1, 0.15) is 0 Å². The fourth-order valence-electron chi connectivity index (χ4n) is 3.07. The second-order valence-corrected chi connectivity index (χ2v) is 6.46. The molecule has 1 saturated heterocycles. The minimum atomic E-state index is -0.330. The van der Waals surface area contributed by atoms with Crippen LogP contribution < -0.4 is 5.32 Å². The summed E-state index contributed by atoms with van der Waals surface area (Å²) in [6.45, 7) is 6.21. The van der Waals surface area contributed by atoms with Crippen molar-refractivity contribution >= 4 is 27.5 Å². The van der Waals surface area contributed by atoms with Crippen LogP contribution in [-0.2, 0) is 10.2 Å². The molecule has 2 heterocycles. The van der Waals surface area contributed by atoms with Crippen LogP contribution in [0.2, 0.25) is 0 Å². The molecule has 2 aliphatic heterocycles. The highest BCUT2D eigenvalue weighted by atomic mass is 79.9. The Balaban J connectivity index is 2.04. The minimum absolute atomic E-state index is 0.166. The Bertz CT molecular complexity index is 515. The van der Waals surface area contributed by atoms with E-state index >= 15 is 0 Å². The van der Waals surface area contributed by atoms with Crippen LogP contribution in [0.3, 0.4) is 0 Å². The van der Waals surface area contributed by atoms with Crippen LogP contribution in [-0.4, -0.2) is 29.9 Å². The molecular formula is C14H17BrN2O. The number of amides is 1. The molecule has 2 aliphatic rings. The largest absolute Gasteiger partial charge is 0.325 e. The lowest BCUT2D eigenvalue weighted by Crippen LogP contribution is -2.39. The Morgan fingerprint density at radius 3 is 2.89 bits per heavy atom. The van der Waals surface area contributed by atoms with E-state index in [1.54, 1.807) is 0 Å². The van der Waals surface area contributed by atoms with Gasteiger partial charge in [0.05, 0.1) is 5.41 Å². The van der Waals surface area contributed by atoms with E-state index in [0.29, 0.717) is 6.04 Å². The molecule has 0 bridgehead atoms. The summed E-state index contributed by atoms with van der Waals surface area (Å²) in [5.41, 5.74) is 1.81. The summed E-state index contributed by atoms with van der Waals surface area (Å²) in [6, 6.07) is 6.56. The van der Waals surface area contributed by atoms with Crippen molar-refractivity contribution in [2.24, 2.45) is 0 Å². The predicted octanol–water partition coefficient (Wildman–Crippen LogP) is 2.75. The third-order valence-electron chi connectivity index (χ3n) is 4.21. The number of hydrogen-bond acceptors (Lipinski definition) is 2. The number of nitrogens with zero attached hydrogens (tertiary/aromatic N) is 1. The number of nitrogens with one attached hydrogen (secondary N) is 1. The highest BCUT2D eigenvalue weighted by Gasteiger charge is 2.51. The monoisotopic (exact) mass is 308 g/mol. The molecule has 1 N–H and O–H groups in total. The molecule has 1 amide bonds. The first kappa shape index (κ1) is 12.2. The molecule has 4 heteroatoms. The van der Waals surface area contributed by atoms with Gasteiger partial charge in [-0.2, -0.15) is 0 Å². The van der Waals surface area contributed by atoms with Crippen molar-refractivity contribution in [3.8, 4) is 0 Å². The van der Waals surface area contributed by atoms with Gasteiger partial charge in [-0.05, 0) is 50.6 Å². The highest BCUT2D eigenvalue weighted by molar-refractivity contribution is 9.10. The molecule has 1 fully saturated rings. The molecule has 3 nitrogen and oxygen atoms in total. The fourth-order valence-corrected chi connectivity index (χ4v) is 3.43. The molecule has 0 aromatic heterocycles. The van der Waals surface area contributed by atoms with Gasteiger partial charge in [0.2, 0.25) is 5.91 Å². The van der Waals surface area contributed by atoms with E-state index in [1.165, 1.54) is 0 Å². The van der Waals surface area contributed by atoms with Gasteiger partial charge >= 0.3 is 0 Å². The summed E-state index contributed by atoms with van der Waals surface area (Å²) >= 11 is 3.51. The molecule has 0 radical (unpaired) electrons. The molecular weight excluding hydrogens is 292 g/mol. The van der Waals surface area contributed by atoms with Crippen molar-refractivity contribution in [2.75, 3.05) is 18.4 Å². The number of carbonyl (C=O) groups is 1. The molecule has 1 aromatic carbocycles. The summed E-state index contributed by atoms with van der Waals surface area (Å²) in [4.78, 5) is 14.8. The number of fused-ring (bicyclic) bond motifs is 2. The summed E-state index contributed by atoms with van der Waals surface area (Å²) in [5.74, 6) is 0.166. The number of hydrogen-bond donors (Lipinski definition) is 1. The van der Waals surface area contributed by atoms with E-state index in [0.717, 1.165) is 35.2 Å². The van der Waals surface area contributed by atoms with E-state index < -0.39 is 0 Å². The number of halogens is 1. The summed E-state index contributed by atoms with van der Waals surface area (Å²) in [7, 11) is 0. The third-order valence-corrected chi connectivity index (χ3v) is 4.70. The van der Waals surface area contributed by atoms with Crippen LogP contribution in [0.4, 0.5) is 5.69 Å². The first-order chi connectivity index (χ1) is 8.53. The van der Waals surface area contributed by atoms with E-state index in [9.17, 15) is 4.79 Å². The fraction of sp³-hybridized carbons (Fsp3) is 0.500. The summed E-state index contributed by atoms with van der Waals surface area (Å²) in [6.07, 6.45) is 0.917. The third kappa shape index (κ3) is 1.62. The van der Waals surface area contributed by atoms with E-state index in [1.807, 2.05) is 12.1 Å². The van der Waals surface area contributed by atoms with Crippen molar-refractivity contribution in [1.29, 1.82) is 0 Å². The predicted molar refractivity (Wildman–Crippen MR) is 75.8 cm³/mol. The maximum Gasteiger partial charge on any atom is 0.236 e. The normalized spacial score (nSPS) is 27.0. The zero-order chi connectivity index (χ0) is 12.9. The standard InChI is InChI=1S/C14H17BrN2O/c1-9(2)17-6-5-14(8-17)11-7-10(15)3-4-12(11)16-13(14)18/h3-4,7,9H,5-6,8H2,1-2H3,(H,16,18). The van der Waals surface area contributed by atoms with Gasteiger partial charge in [-0.1, -0.05) is 15.9 Å². The van der Waals surface area contributed by atoms with Gasteiger partial charge in [-0.25, -0.2) is 0 Å². The molecule has 1 atom stereocenters. The van der Waals surface area contributed by atoms with Gasteiger partial charge < -0.3 is 5.32 Å². The molecule has 1 aromatic rings. The average molecular weight is 309 g/mol. The number of carbonyl (C=O) groups excluding carboxylic acids is 1. The molecule has 0 saturated carbocycles. The van der Waals surface area contributed by atoms with Gasteiger partial charge in [-0.15, -0.1) is 0 Å². The lowest BCUT2D eigenvalue weighted by atomic mass is 9.81. The van der Waals surface area contributed by atoms with Gasteiger partial charge in [0.25, 0.3) is 0 Å². The lowest BCUT2D eigenvalue weighted by molar-refractivity contribution is -0.120. The van der Waals surface area contributed by atoms with Crippen molar-refractivity contribution in [3.63, 3.8) is 0 Å². The van der Waals surface area contributed by atoms with Gasteiger partial charge in [0.15, 0.2) is 0 Å². The maximum absolute atomic E-state index is 12.4. The second-order valence-electron chi connectivity index (χ2n) is 5.54. The Labute approximate surface area is 116 Å². The van der Waals surface area contributed by atoms with E-state index in [2.05, 4.69) is 46.1 Å². The number of likely N-dealkylation sites (tertiary alicyclic amines) is 1. The lowest BCUT2D eigenvalue weighted by Gasteiger charge is -2.24. The van der Waals surface area contributed by atoms with Crippen molar-refractivity contribution in [1.82, 2.24) is 4.90 Å². The average Bonchev–Trinajstić information content (AvgIpc) is 2.86. The quantitative estimate of drug-likeness (QED) is 0.865. The number of benzene rings is 1. The molecule has 0 aliphatic carbocycles. The SMILES string of the molecule is CC(C)N1CCC2(C1)C(=O)Nc1ccc(Br)cc12. The van der Waals surface area contributed by atoms with Crippen LogP contribution >= 0.6 is 15.9 Å². The minimum Gasteiger partial charge on any atom is -0.325 e. The molecule has 1 spiro atoms. The first-order valence-corrected chi connectivity index (χ1v) is 7.18. The van der Waals surface area contributed by atoms with Crippen molar-refractivity contribution in [2.45, 2.75) is 31.7 Å². The van der Waals surface area contributed by atoms with Gasteiger partial charge in [0, 0.05) is 22.7 Å². The Morgan fingerprint density at radius 1 is 1.44 bits per heavy atom. The zero-order valence-electron chi connectivity index (χ0n) is 10.7. The smallest absolute Gasteiger partial charge is 0.236 e. The maximum atomic E-state index is 12.4. The number of anilines is 1. The van der Waals surface area contributed by atoms with E-state index in [4.69, 9.17) is 0 Å². The molecule has 1 unspecified atom stereocenters. The summed E-state index contributed by atoms with van der Waals surface area (Å²) < 4.78 is 1.04. The topological polar surface area (TPSA) is 32.3 Å². The van der Waals surface area contributed by atoms with Gasteiger partial charge in [-0.3, -0.25) is 9.69 Å². The van der Waals surface area contributed by atoms with Crippen LogP contribution in [0.5, 0.6) is 0 Å². The number of rotatable bonds is 1. The van der Waals surface area contributed by atoms with Crippen LogP contribution in [0.25, 0.3) is 0 Å². The van der Waals surface area contributed by atoms with Crippen LogP contribution in [0.1, 0.15) is 25.8 Å².